The van der Waals surface area contributed by atoms with E-state index in [1.165, 1.54) is 5.57 Å². The van der Waals surface area contributed by atoms with Crippen molar-refractivity contribution in [1.29, 1.82) is 0 Å². The lowest BCUT2D eigenvalue weighted by molar-refractivity contribution is 0.150. The molecule has 126 valence electrons. The van der Waals surface area contributed by atoms with Crippen LogP contribution >= 0.6 is 0 Å². The minimum atomic E-state index is -0.725. The molecule has 0 aromatic heterocycles. The minimum Gasteiger partial charge on any atom is -0.504 e. The van der Waals surface area contributed by atoms with Gasteiger partial charge in [0.05, 0.1) is 20.3 Å². The van der Waals surface area contributed by atoms with Gasteiger partial charge in [-0.05, 0) is 49.2 Å². The van der Waals surface area contributed by atoms with Crippen molar-refractivity contribution < 1.29 is 19.7 Å². The summed E-state index contributed by atoms with van der Waals surface area (Å²) in [6.45, 7) is 0. The summed E-state index contributed by atoms with van der Waals surface area (Å²) in [7, 11) is 5.30. The Hall–Kier alpha value is -1.98. The third-order valence-corrected chi connectivity index (χ3v) is 6.57. The van der Waals surface area contributed by atoms with E-state index < -0.39 is 11.5 Å². The van der Waals surface area contributed by atoms with E-state index in [0.717, 1.165) is 24.0 Å². The zero-order valence-electron chi connectivity index (χ0n) is 14.0. The first-order valence-electron chi connectivity index (χ1n) is 8.28. The largest absolute Gasteiger partial charge is 0.504 e. The van der Waals surface area contributed by atoms with Crippen LogP contribution in [0.25, 0.3) is 0 Å². The number of phenols is 1. The molecule has 5 heteroatoms. The van der Waals surface area contributed by atoms with Crippen molar-refractivity contribution in [2.24, 2.45) is 0 Å². The molecule has 1 aliphatic heterocycles. The van der Waals surface area contributed by atoms with Crippen molar-refractivity contribution in [3.05, 3.63) is 46.7 Å². The first-order chi connectivity index (χ1) is 11.5. The van der Waals surface area contributed by atoms with E-state index in [0.29, 0.717) is 17.6 Å². The summed E-state index contributed by atoms with van der Waals surface area (Å²) in [5.74, 6) is 1.25. The van der Waals surface area contributed by atoms with Crippen molar-refractivity contribution in [2.75, 3.05) is 21.3 Å². The first kappa shape index (κ1) is 14.4. The summed E-state index contributed by atoms with van der Waals surface area (Å²) in [5.41, 5.74) is 2.94. The van der Waals surface area contributed by atoms with Gasteiger partial charge in [0, 0.05) is 16.5 Å². The van der Waals surface area contributed by atoms with Gasteiger partial charge in [0.15, 0.2) is 11.5 Å². The number of benzene rings is 1. The molecule has 2 unspecified atom stereocenters. The fraction of sp³-hybridized carbons (Fsp3) is 0.474. The third-order valence-electron chi connectivity index (χ3n) is 6.57. The van der Waals surface area contributed by atoms with Crippen LogP contribution in [0.3, 0.4) is 0 Å². The summed E-state index contributed by atoms with van der Waals surface area (Å²) >= 11 is 0. The molecular weight excluding hydrogens is 306 g/mol. The van der Waals surface area contributed by atoms with Crippen LogP contribution in [0.4, 0.5) is 0 Å². The van der Waals surface area contributed by atoms with Crippen molar-refractivity contribution in [1.82, 2.24) is 4.90 Å². The maximum absolute atomic E-state index is 10.9. The Bertz CT molecular complexity index is 829. The number of nitrogens with zero attached hydrogens (tertiary/aromatic N) is 1. The highest BCUT2D eigenvalue weighted by Crippen LogP contribution is 2.70. The number of hydrogen-bond acceptors (Lipinski definition) is 5. The monoisotopic (exact) mass is 327 g/mol. The van der Waals surface area contributed by atoms with E-state index in [2.05, 4.69) is 18.0 Å². The number of methoxy groups -OCH3 is 2. The average Bonchev–Trinajstić information content (AvgIpc) is 3.00. The van der Waals surface area contributed by atoms with E-state index in [1.54, 1.807) is 14.2 Å². The molecule has 2 bridgehead atoms. The van der Waals surface area contributed by atoms with Crippen LogP contribution in [0.5, 0.6) is 11.5 Å². The molecule has 4 aliphatic rings. The van der Waals surface area contributed by atoms with Gasteiger partial charge in [0.1, 0.15) is 11.9 Å². The average molecular weight is 327 g/mol. The van der Waals surface area contributed by atoms with Gasteiger partial charge in [-0.2, -0.15) is 0 Å². The molecule has 24 heavy (non-hydrogen) atoms. The summed E-state index contributed by atoms with van der Waals surface area (Å²) in [4.78, 5) is 2.39. The summed E-state index contributed by atoms with van der Waals surface area (Å²) < 4.78 is 10.8. The van der Waals surface area contributed by atoms with Crippen LogP contribution in [0.1, 0.15) is 17.5 Å². The van der Waals surface area contributed by atoms with Crippen LogP contribution in [-0.4, -0.2) is 54.1 Å². The van der Waals surface area contributed by atoms with Crippen LogP contribution < -0.4 is 4.74 Å². The lowest BCUT2D eigenvalue weighted by Gasteiger charge is -2.42. The van der Waals surface area contributed by atoms with Gasteiger partial charge in [-0.25, -0.2) is 0 Å². The van der Waals surface area contributed by atoms with Gasteiger partial charge in [-0.15, -0.1) is 0 Å². The Balaban J connectivity index is 1.82. The molecule has 2 N–H and O–H groups in total. The highest BCUT2D eigenvalue weighted by atomic mass is 16.5. The highest BCUT2D eigenvalue weighted by molar-refractivity contribution is 5.69. The quantitative estimate of drug-likeness (QED) is 0.636. The number of likely N-dealkylation sites (tertiary alicyclic amines) is 1. The van der Waals surface area contributed by atoms with Crippen molar-refractivity contribution in [3.63, 3.8) is 0 Å². The second-order valence-electron chi connectivity index (χ2n) is 7.41. The molecule has 5 rings (SSSR count). The zero-order chi connectivity index (χ0) is 16.9. The Morgan fingerprint density at radius 3 is 2.75 bits per heavy atom. The second-order valence-corrected chi connectivity index (χ2v) is 7.41. The molecule has 2 spiro atoms. The van der Waals surface area contributed by atoms with E-state index >= 15 is 0 Å². The Labute approximate surface area is 140 Å². The standard InChI is InChI=1S/C19H21NO4/c1-20-17-11-6-12(21)14(24-3)8-18(11)9-19(17,20)7-10-4-5-13(23-2)16(22)15(10)18/h4-6,8,12,17,21-22H,7,9H2,1-3H3/t12-,17-,18+,19?,20?/m0/s1. The number of aromatic hydroxyl groups is 1. The van der Waals surface area contributed by atoms with Gasteiger partial charge < -0.3 is 19.7 Å². The van der Waals surface area contributed by atoms with Gasteiger partial charge in [-0.1, -0.05) is 6.07 Å². The molecule has 5 atom stereocenters. The number of allylic oxidation sites excluding steroid dienone is 1. The predicted octanol–water partition coefficient (Wildman–Crippen LogP) is 1.48. The maximum atomic E-state index is 10.9. The van der Waals surface area contributed by atoms with Crippen molar-refractivity contribution in [2.45, 2.75) is 35.9 Å². The molecule has 1 saturated heterocycles. The topological polar surface area (TPSA) is 61.9 Å². The number of fused-ring (bicyclic) bond motifs is 2. The van der Waals surface area contributed by atoms with Crippen LogP contribution in [0.2, 0.25) is 0 Å². The highest BCUT2D eigenvalue weighted by Gasteiger charge is 2.75. The van der Waals surface area contributed by atoms with Gasteiger partial charge in [0.2, 0.25) is 0 Å². The van der Waals surface area contributed by atoms with E-state index in [1.807, 2.05) is 18.2 Å². The lowest BCUT2D eigenvalue weighted by Crippen LogP contribution is -2.40. The van der Waals surface area contributed by atoms with E-state index in [4.69, 9.17) is 9.47 Å². The molecule has 3 aliphatic carbocycles. The third kappa shape index (κ3) is 1.36. The number of likely N-dealkylation sites (N-methyl/N-ethyl adjacent to an activating group) is 1. The number of rotatable bonds is 2. The van der Waals surface area contributed by atoms with Crippen molar-refractivity contribution >= 4 is 0 Å². The van der Waals surface area contributed by atoms with E-state index in [9.17, 15) is 10.2 Å². The fourth-order valence-corrected chi connectivity index (χ4v) is 5.55. The number of aliphatic hydroxyl groups is 1. The normalized spacial score (nSPS) is 40.8. The SMILES string of the molecule is COC1=C[C@]23CC4(Cc5ccc(OC)c(O)c52)[C@H](C3=C[C@@H]1O)N4C. The Kier molecular flexibility index (Phi) is 2.49. The van der Waals surface area contributed by atoms with E-state index in [-0.39, 0.29) is 11.3 Å². The maximum Gasteiger partial charge on any atom is 0.162 e. The lowest BCUT2D eigenvalue weighted by atomic mass is 9.65. The fourth-order valence-electron chi connectivity index (χ4n) is 5.55. The first-order valence-corrected chi connectivity index (χ1v) is 8.28. The van der Waals surface area contributed by atoms with Crippen LogP contribution in [0, 0.1) is 0 Å². The zero-order valence-corrected chi connectivity index (χ0v) is 14.0. The molecular formula is C19H21NO4. The number of ether oxygens (including phenoxy) is 2. The van der Waals surface area contributed by atoms with Crippen LogP contribution in [-0.2, 0) is 16.6 Å². The molecule has 1 heterocycles. The number of piperidine rings is 1. The summed E-state index contributed by atoms with van der Waals surface area (Å²) in [5, 5.41) is 21.3. The number of hydrogen-bond donors (Lipinski definition) is 2. The molecule has 2 fully saturated rings. The predicted molar refractivity (Wildman–Crippen MR) is 88.1 cm³/mol. The summed E-state index contributed by atoms with van der Waals surface area (Å²) in [6, 6.07) is 4.22. The van der Waals surface area contributed by atoms with Crippen molar-refractivity contribution in [3.8, 4) is 11.5 Å². The number of phenolic OH excluding ortho intramolecular Hbond substituents is 1. The minimum absolute atomic E-state index is 0.0965. The van der Waals surface area contributed by atoms with Gasteiger partial charge in [0.25, 0.3) is 0 Å². The van der Waals surface area contributed by atoms with Gasteiger partial charge >= 0.3 is 0 Å². The molecule has 5 nitrogen and oxygen atoms in total. The van der Waals surface area contributed by atoms with Gasteiger partial charge in [-0.3, -0.25) is 4.90 Å². The molecule has 1 aromatic carbocycles. The summed E-state index contributed by atoms with van der Waals surface area (Å²) in [6.07, 6.45) is 5.03. The molecule has 0 radical (unpaired) electrons. The molecule has 1 saturated carbocycles. The smallest absolute Gasteiger partial charge is 0.162 e. The number of aliphatic hydroxyl groups excluding tert-OH is 1. The second kappa shape index (κ2) is 4.16. The Morgan fingerprint density at radius 1 is 1.25 bits per heavy atom. The Morgan fingerprint density at radius 2 is 2.04 bits per heavy atom. The molecule has 0 amide bonds. The molecule has 1 aromatic rings. The van der Waals surface area contributed by atoms with Crippen LogP contribution in [0.15, 0.2) is 35.6 Å².